The molecule has 2 heterocycles. The number of carbonyl (C=O) groups excluding carboxylic acids is 1. The van der Waals surface area contributed by atoms with Gasteiger partial charge in [0.15, 0.2) is 11.5 Å². The highest BCUT2D eigenvalue weighted by Crippen LogP contribution is 2.29. The Morgan fingerprint density at radius 1 is 1.26 bits per heavy atom. The molecule has 9 heteroatoms. The van der Waals surface area contributed by atoms with Gasteiger partial charge in [0.1, 0.15) is 23.3 Å². The molecular weight excluding hydrogens is 348 g/mol. The van der Waals surface area contributed by atoms with E-state index < -0.39 is 0 Å². The molecule has 27 heavy (non-hydrogen) atoms. The van der Waals surface area contributed by atoms with Crippen LogP contribution in [0.5, 0.6) is 11.5 Å². The molecule has 0 aliphatic heterocycles. The van der Waals surface area contributed by atoms with Crippen LogP contribution in [0, 0.1) is 0 Å². The molecule has 0 bridgehead atoms. The lowest BCUT2D eigenvalue weighted by Gasteiger charge is -2.21. The maximum Gasteiger partial charge on any atom is 0.240 e. The Balaban J connectivity index is 1.71. The Labute approximate surface area is 156 Å². The lowest BCUT2D eigenvalue weighted by Crippen LogP contribution is -2.37. The lowest BCUT2D eigenvalue weighted by molar-refractivity contribution is -0.120. The second kappa shape index (κ2) is 7.90. The number of amides is 1. The van der Waals surface area contributed by atoms with Gasteiger partial charge in [0.25, 0.3) is 0 Å². The van der Waals surface area contributed by atoms with E-state index in [0.717, 1.165) is 5.56 Å². The lowest BCUT2D eigenvalue weighted by atomic mass is 10.1. The van der Waals surface area contributed by atoms with Crippen LogP contribution in [0.25, 0.3) is 11.2 Å². The van der Waals surface area contributed by atoms with Crippen LogP contribution in [0.15, 0.2) is 30.9 Å². The number of anilines is 1. The van der Waals surface area contributed by atoms with Gasteiger partial charge in [0, 0.05) is 12.6 Å². The van der Waals surface area contributed by atoms with Gasteiger partial charge >= 0.3 is 0 Å². The molecule has 1 aromatic carbocycles. The molecule has 0 saturated carbocycles. The molecule has 0 radical (unpaired) electrons. The Kier molecular flexibility index (Phi) is 5.39. The highest BCUT2D eigenvalue weighted by molar-refractivity contribution is 5.87. The van der Waals surface area contributed by atoms with Gasteiger partial charge in [0.2, 0.25) is 5.91 Å². The summed E-state index contributed by atoms with van der Waals surface area (Å²) in [5.41, 5.74) is 2.09. The van der Waals surface area contributed by atoms with Crippen molar-refractivity contribution in [1.29, 1.82) is 0 Å². The first-order valence-electron chi connectivity index (χ1n) is 8.40. The Bertz CT molecular complexity index is 942. The zero-order chi connectivity index (χ0) is 19.4. The molecule has 0 saturated heterocycles. The number of methoxy groups -OCH3 is 2. The summed E-state index contributed by atoms with van der Waals surface area (Å²) in [4.78, 5) is 29.7. The quantitative estimate of drug-likeness (QED) is 0.652. The SMILES string of the molecule is COc1ccc(OC)c([C@@H](C)NC(=O)CN(C)c2ncnc3nc[nH]c23)c1. The van der Waals surface area contributed by atoms with Crippen LogP contribution in [-0.4, -0.2) is 53.7 Å². The predicted octanol–water partition coefficient (Wildman–Crippen LogP) is 1.68. The summed E-state index contributed by atoms with van der Waals surface area (Å²) in [5, 5.41) is 2.98. The van der Waals surface area contributed by atoms with Crippen LogP contribution >= 0.6 is 0 Å². The summed E-state index contributed by atoms with van der Waals surface area (Å²) in [5.74, 6) is 1.85. The fourth-order valence-corrected chi connectivity index (χ4v) is 2.87. The first kappa shape index (κ1) is 18.4. The average Bonchev–Trinajstić information content (AvgIpc) is 3.15. The summed E-state index contributed by atoms with van der Waals surface area (Å²) in [6.07, 6.45) is 2.98. The van der Waals surface area contributed by atoms with Crippen molar-refractivity contribution < 1.29 is 14.3 Å². The number of rotatable bonds is 7. The van der Waals surface area contributed by atoms with Crippen LogP contribution in [0.1, 0.15) is 18.5 Å². The van der Waals surface area contributed by atoms with E-state index in [1.807, 2.05) is 25.1 Å². The summed E-state index contributed by atoms with van der Waals surface area (Å²) in [7, 11) is 4.99. The fraction of sp³-hybridized carbons (Fsp3) is 0.333. The van der Waals surface area contributed by atoms with Gasteiger partial charge in [-0.1, -0.05) is 0 Å². The highest BCUT2D eigenvalue weighted by atomic mass is 16.5. The minimum Gasteiger partial charge on any atom is -0.497 e. The van der Waals surface area contributed by atoms with E-state index in [0.29, 0.717) is 28.5 Å². The van der Waals surface area contributed by atoms with Crippen LogP contribution in [0.4, 0.5) is 5.82 Å². The largest absolute Gasteiger partial charge is 0.497 e. The first-order chi connectivity index (χ1) is 13.0. The van der Waals surface area contributed by atoms with Crippen LogP contribution in [0.3, 0.4) is 0 Å². The molecule has 0 aliphatic rings. The number of nitrogens with one attached hydrogen (secondary N) is 2. The Morgan fingerprint density at radius 2 is 2.07 bits per heavy atom. The minimum atomic E-state index is -0.256. The molecule has 0 unspecified atom stereocenters. The van der Waals surface area contributed by atoms with Gasteiger partial charge < -0.3 is 24.7 Å². The molecule has 2 N–H and O–H groups in total. The minimum absolute atomic E-state index is 0.127. The maximum absolute atomic E-state index is 12.5. The third-order valence-corrected chi connectivity index (χ3v) is 4.23. The fourth-order valence-electron chi connectivity index (χ4n) is 2.87. The monoisotopic (exact) mass is 370 g/mol. The van der Waals surface area contributed by atoms with Gasteiger partial charge in [-0.3, -0.25) is 4.79 Å². The third kappa shape index (κ3) is 3.91. The number of hydrogen-bond donors (Lipinski definition) is 2. The summed E-state index contributed by atoms with van der Waals surface area (Å²) >= 11 is 0. The van der Waals surface area contributed by atoms with Gasteiger partial charge in [-0.05, 0) is 25.1 Å². The van der Waals surface area contributed by atoms with E-state index in [1.165, 1.54) is 6.33 Å². The molecule has 9 nitrogen and oxygen atoms in total. The number of fused-ring (bicyclic) bond motifs is 1. The number of likely N-dealkylation sites (N-methyl/N-ethyl adjacent to an activating group) is 1. The number of aromatic amines is 1. The summed E-state index contributed by atoms with van der Waals surface area (Å²) in [6, 6.07) is 5.23. The molecule has 1 atom stereocenters. The number of carbonyl (C=O) groups is 1. The molecule has 2 aromatic heterocycles. The summed E-state index contributed by atoms with van der Waals surface area (Å²) in [6.45, 7) is 2.02. The molecule has 0 aliphatic carbocycles. The van der Waals surface area contributed by atoms with Crippen molar-refractivity contribution in [2.45, 2.75) is 13.0 Å². The van der Waals surface area contributed by atoms with Gasteiger partial charge in [-0.25, -0.2) is 15.0 Å². The number of benzene rings is 1. The second-order valence-electron chi connectivity index (χ2n) is 6.05. The zero-order valence-electron chi connectivity index (χ0n) is 15.7. The van der Waals surface area contributed by atoms with Crippen LogP contribution < -0.4 is 19.7 Å². The molecular formula is C18H22N6O3. The molecule has 3 rings (SSSR count). The Hall–Kier alpha value is -3.36. The first-order valence-corrected chi connectivity index (χ1v) is 8.40. The standard InChI is InChI=1S/C18H22N6O3/c1-11(13-7-12(26-3)5-6-14(13)27-4)23-15(25)8-24(2)18-16-17(20-9-19-16)21-10-22-18/h5-7,9-11H,8H2,1-4H3,(H,23,25)(H,19,20,21,22)/t11-/m1/s1. The number of imidazole rings is 1. The Morgan fingerprint density at radius 3 is 2.81 bits per heavy atom. The summed E-state index contributed by atoms with van der Waals surface area (Å²) < 4.78 is 10.7. The van der Waals surface area contributed by atoms with E-state index in [4.69, 9.17) is 9.47 Å². The smallest absolute Gasteiger partial charge is 0.240 e. The van der Waals surface area contributed by atoms with Gasteiger partial charge in [-0.2, -0.15) is 0 Å². The normalized spacial score (nSPS) is 11.9. The number of ether oxygens (including phenoxy) is 2. The van der Waals surface area contributed by atoms with E-state index in [-0.39, 0.29) is 18.5 Å². The molecule has 0 fully saturated rings. The molecule has 0 spiro atoms. The van der Waals surface area contributed by atoms with Crippen LogP contribution in [0.2, 0.25) is 0 Å². The van der Waals surface area contributed by atoms with Gasteiger partial charge in [0.05, 0.1) is 33.1 Å². The average molecular weight is 370 g/mol. The number of nitrogens with zero attached hydrogens (tertiary/aromatic N) is 4. The zero-order valence-corrected chi connectivity index (χ0v) is 15.7. The maximum atomic E-state index is 12.5. The number of aromatic nitrogens is 4. The van der Waals surface area contributed by atoms with Crippen molar-refractivity contribution in [2.75, 3.05) is 32.7 Å². The van der Waals surface area contributed by atoms with E-state index in [1.54, 1.807) is 32.5 Å². The van der Waals surface area contributed by atoms with Crippen molar-refractivity contribution >= 4 is 22.9 Å². The van der Waals surface area contributed by atoms with Crippen molar-refractivity contribution in [3.63, 3.8) is 0 Å². The number of hydrogen-bond acceptors (Lipinski definition) is 7. The predicted molar refractivity (Wildman–Crippen MR) is 101 cm³/mol. The molecule has 1 amide bonds. The van der Waals surface area contributed by atoms with E-state index in [2.05, 4.69) is 25.3 Å². The van der Waals surface area contributed by atoms with Crippen molar-refractivity contribution in [3.8, 4) is 11.5 Å². The van der Waals surface area contributed by atoms with Gasteiger partial charge in [-0.15, -0.1) is 0 Å². The molecule has 3 aromatic rings. The topological polar surface area (TPSA) is 105 Å². The molecule has 142 valence electrons. The van der Waals surface area contributed by atoms with Crippen molar-refractivity contribution in [1.82, 2.24) is 25.3 Å². The van der Waals surface area contributed by atoms with Crippen LogP contribution in [-0.2, 0) is 4.79 Å². The third-order valence-electron chi connectivity index (χ3n) is 4.23. The number of H-pyrrole nitrogens is 1. The van der Waals surface area contributed by atoms with Crippen molar-refractivity contribution in [3.05, 3.63) is 36.4 Å². The van der Waals surface area contributed by atoms with E-state index >= 15 is 0 Å². The second-order valence-corrected chi connectivity index (χ2v) is 6.05. The van der Waals surface area contributed by atoms with E-state index in [9.17, 15) is 4.79 Å². The van der Waals surface area contributed by atoms with Crippen molar-refractivity contribution in [2.24, 2.45) is 0 Å². The highest BCUT2D eigenvalue weighted by Gasteiger charge is 2.18.